The summed E-state index contributed by atoms with van der Waals surface area (Å²) in [5.74, 6) is 1.40. The molecule has 1 atom stereocenters. The van der Waals surface area contributed by atoms with Crippen LogP contribution in [0.3, 0.4) is 0 Å². The lowest BCUT2D eigenvalue weighted by Crippen LogP contribution is -2.22. The second-order valence-electron chi connectivity index (χ2n) is 6.56. The molecule has 7 heteroatoms. The van der Waals surface area contributed by atoms with Crippen molar-refractivity contribution in [2.45, 2.75) is 12.5 Å². The van der Waals surface area contributed by atoms with E-state index in [1.807, 2.05) is 66.7 Å². The summed E-state index contributed by atoms with van der Waals surface area (Å²) in [7, 11) is -2.97. The zero-order valence-corrected chi connectivity index (χ0v) is 15.5. The lowest BCUT2D eigenvalue weighted by atomic mass is 10.1. The molecule has 0 saturated carbocycles. The van der Waals surface area contributed by atoms with Crippen LogP contribution in [-0.4, -0.2) is 35.9 Å². The fourth-order valence-corrected chi connectivity index (χ4v) is 4.77. The van der Waals surface area contributed by atoms with Crippen LogP contribution >= 0.6 is 0 Å². The van der Waals surface area contributed by atoms with Crippen molar-refractivity contribution < 1.29 is 8.42 Å². The van der Waals surface area contributed by atoms with Crippen LogP contribution in [0, 0.1) is 0 Å². The average Bonchev–Trinajstić information content (AvgIpc) is 3.01. The number of benzene rings is 2. The Kier molecular flexibility index (Phi) is 4.77. The third-order valence-electron chi connectivity index (χ3n) is 4.41. The number of anilines is 3. The summed E-state index contributed by atoms with van der Waals surface area (Å²) >= 11 is 0. The molecular formula is C20H20N4O2S. The van der Waals surface area contributed by atoms with Gasteiger partial charge >= 0.3 is 0 Å². The van der Waals surface area contributed by atoms with Crippen LogP contribution in [0.2, 0.25) is 0 Å². The van der Waals surface area contributed by atoms with Gasteiger partial charge in [-0.25, -0.2) is 13.4 Å². The maximum Gasteiger partial charge on any atom is 0.225 e. The van der Waals surface area contributed by atoms with Gasteiger partial charge < -0.3 is 10.6 Å². The minimum Gasteiger partial charge on any atom is -0.350 e. The molecule has 0 spiro atoms. The van der Waals surface area contributed by atoms with Gasteiger partial charge in [0.05, 0.1) is 17.2 Å². The molecule has 0 radical (unpaired) electrons. The molecule has 2 N–H and O–H groups in total. The van der Waals surface area contributed by atoms with Crippen LogP contribution in [0.4, 0.5) is 17.5 Å². The molecule has 1 unspecified atom stereocenters. The lowest BCUT2D eigenvalue weighted by molar-refractivity contribution is 0.602. The molecule has 2 heterocycles. The summed E-state index contributed by atoms with van der Waals surface area (Å²) in [5, 5.41) is 6.48. The van der Waals surface area contributed by atoms with Gasteiger partial charge in [0.2, 0.25) is 5.95 Å². The van der Waals surface area contributed by atoms with E-state index in [2.05, 4.69) is 20.6 Å². The maximum atomic E-state index is 11.7. The highest BCUT2D eigenvalue weighted by Crippen LogP contribution is 2.24. The molecule has 0 amide bonds. The van der Waals surface area contributed by atoms with Crippen LogP contribution in [0.15, 0.2) is 66.7 Å². The van der Waals surface area contributed by atoms with E-state index in [1.165, 1.54) is 0 Å². The monoisotopic (exact) mass is 380 g/mol. The Hall–Kier alpha value is -2.93. The number of hydrogen-bond acceptors (Lipinski definition) is 6. The van der Waals surface area contributed by atoms with Crippen LogP contribution in [-0.2, 0) is 9.84 Å². The van der Waals surface area contributed by atoms with Crippen molar-refractivity contribution in [2.24, 2.45) is 0 Å². The predicted octanol–water partition coefficient (Wildman–Crippen LogP) is 3.49. The number of nitrogens with one attached hydrogen (secondary N) is 2. The zero-order valence-electron chi connectivity index (χ0n) is 14.7. The Labute approximate surface area is 158 Å². The van der Waals surface area contributed by atoms with Gasteiger partial charge in [0.25, 0.3) is 0 Å². The van der Waals surface area contributed by atoms with E-state index >= 15 is 0 Å². The van der Waals surface area contributed by atoms with E-state index in [1.54, 1.807) is 0 Å². The first-order valence-electron chi connectivity index (χ1n) is 8.81. The topological polar surface area (TPSA) is 84.0 Å². The minimum atomic E-state index is -2.97. The van der Waals surface area contributed by atoms with Gasteiger partial charge in [-0.1, -0.05) is 48.5 Å². The first kappa shape index (κ1) is 17.5. The summed E-state index contributed by atoms with van der Waals surface area (Å²) in [4.78, 5) is 9.14. The summed E-state index contributed by atoms with van der Waals surface area (Å²) in [5.41, 5.74) is 2.66. The normalized spacial score (nSPS) is 18.1. The van der Waals surface area contributed by atoms with Crippen LogP contribution < -0.4 is 10.6 Å². The molecule has 27 heavy (non-hydrogen) atoms. The van der Waals surface area contributed by atoms with Gasteiger partial charge in [0.1, 0.15) is 5.82 Å². The van der Waals surface area contributed by atoms with Crippen LogP contribution in [0.25, 0.3) is 11.3 Å². The minimum absolute atomic E-state index is 0.118. The molecule has 1 aromatic heterocycles. The van der Waals surface area contributed by atoms with Gasteiger partial charge in [-0.3, -0.25) is 0 Å². The van der Waals surface area contributed by atoms with Crippen molar-refractivity contribution in [1.29, 1.82) is 0 Å². The Morgan fingerprint density at radius 1 is 0.926 bits per heavy atom. The number of rotatable bonds is 5. The summed E-state index contributed by atoms with van der Waals surface area (Å²) in [6.07, 6.45) is 0.572. The first-order chi connectivity index (χ1) is 13.1. The molecule has 0 bridgehead atoms. The quantitative estimate of drug-likeness (QED) is 0.705. The fraction of sp³-hybridized carbons (Fsp3) is 0.200. The molecule has 4 rings (SSSR count). The number of para-hydroxylation sites is 1. The molecule has 1 saturated heterocycles. The smallest absolute Gasteiger partial charge is 0.225 e. The van der Waals surface area contributed by atoms with Gasteiger partial charge in [-0.2, -0.15) is 4.98 Å². The van der Waals surface area contributed by atoms with Gasteiger partial charge in [-0.05, 0) is 18.6 Å². The second-order valence-corrected chi connectivity index (χ2v) is 8.79. The summed E-state index contributed by atoms with van der Waals surface area (Å²) < 4.78 is 23.5. The number of hydrogen-bond donors (Lipinski definition) is 2. The van der Waals surface area contributed by atoms with E-state index in [0.29, 0.717) is 18.2 Å². The highest BCUT2D eigenvalue weighted by molar-refractivity contribution is 7.91. The van der Waals surface area contributed by atoms with Crippen LogP contribution in [0.1, 0.15) is 6.42 Å². The molecule has 0 aliphatic carbocycles. The third kappa shape index (κ3) is 4.43. The van der Waals surface area contributed by atoms with Crippen molar-refractivity contribution in [3.05, 3.63) is 66.7 Å². The summed E-state index contributed by atoms with van der Waals surface area (Å²) in [6.45, 7) is 0. The molecule has 138 valence electrons. The molecule has 1 fully saturated rings. The third-order valence-corrected chi connectivity index (χ3v) is 6.18. The van der Waals surface area contributed by atoms with Gasteiger partial charge in [0, 0.05) is 23.4 Å². The number of sulfone groups is 1. The second kappa shape index (κ2) is 7.36. The van der Waals surface area contributed by atoms with Crippen molar-refractivity contribution in [2.75, 3.05) is 22.1 Å². The van der Waals surface area contributed by atoms with Crippen molar-refractivity contribution >= 4 is 27.3 Å². The van der Waals surface area contributed by atoms with E-state index in [9.17, 15) is 8.42 Å². The lowest BCUT2D eigenvalue weighted by Gasteiger charge is -2.14. The van der Waals surface area contributed by atoms with E-state index in [-0.39, 0.29) is 17.5 Å². The fourth-order valence-electron chi connectivity index (χ4n) is 3.09. The zero-order chi connectivity index (χ0) is 18.7. The molecule has 1 aliphatic rings. The molecule has 3 aromatic rings. The standard InChI is InChI=1S/C20H20N4O2S/c25-27(26)12-11-17(14-27)22-20-23-18(15-7-3-1-4-8-15)13-19(24-20)21-16-9-5-2-6-10-16/h1-10,13,17H,11-12,14H2,(H2,21,22,23,24). The van der Waals surface area contributed by atoms with E-state index in [4.69, 9.17) is 0 Å². The van der Waals surface area contributed by atoms with Crippen molar-refractivity contribution in [1.82, 2.24) is 9.97 Å². The SMILES string of the molecule is O=S1(=O)CCC(Nc2nc(Nc3ccccc3)cc(-c3ccccc3)n2)C1. The first-order valence-corrected chi connectivity index (χ1v) is 10.6. The molecule has 6 nitrogen and oxygen atoms in total. The highest BCUT2D eigenvalue weighted by Gasteiger charge is 2.28. The Morgan fingerprint density at radius 2 is 1.63 bits per heavy atom. The van der Waals surface area contributed by atoms with Crippen LogP contribution in [0.5, 0.6) is 0 Å². The number of aromatic nitrogens is 2. The van der Waals surface area contributed by atoms with E-state index < -0.39 is 9.84 Å². The van der Waals surface area contributed by atoms with E-state index in [0.717, 1.165) is 16.9 Å². The molecule has 2 aromatic carbocycles. The highest BCUT2D eigenvalue weighted by atomic mass is 32.2. The van der Waals surface area contributed by atoms with Crippen molar-refractivity contribution in [3.63, 3.8) is 0 Å². The average molecular weight is 380 g/mol. The maximum absolute atomic E-state index is 11.7. The summed E-state index contributed by atoms with van der Waals surface area (Å²) in [6, 6.07) is 21.3. The van der Waals surface area contributed by atoms with Gasteiger partial charge in [-0.15, -0.1) is 0 Å². The predicted molar refractivity (Wildman–Crippen MR) is 108 cm³/mol. The van der Waals surface area contributed by atoms with Gasteiger partial charge in [0.15, 0.2) is 9.84 Å². The molecular weight excluding hydrogens is 360 g/mol. The Morgan fingerprint density at radius 3 is 2.30 bits per heavy atom. The largest absolute Gasteiger partial charge is 0.350 e. The Bertz CT molecular complexity index is 1020. The number of nitrogens with zero attached hydrogens (tertiary/aromatic N) is 2. The molecule has 1 aliphatic heterocycles. The van der Waals surface area contributed by atoms with Crippen molar-refractivity contribution in [3.8, 4) is 11.3 Å². The Balaban J connectivity index is 1.66.